The summed E-state index contributed by atoms with van der Waals surface area (Å²) in [5.41, 5.74) is 8.52. The molecule has 23 heavy (non-hydrogen) atoms. The fourth-order valence-corrected chi connectivity index (χ4v) is 2.60. The Morgan fingerprint density at radius 1 is 1.09 bits per heavy atom. The average molecular weight is 382 g/mol. The molecular formula is C14H9BrFN3O4. The summed E-state index contributed by atoms with van der Waals surface area (Å²) < 4.78 is 14.5. The molecule has 2 aromatic rings. The lowest BCUT2D eigenvalue weighted by Gasteiger charge is -2.13. The minimum atomic E-state index is -0.998. The van der Waals surface area contributed by atoms with Gasteiger partial charge in [0, 0.05) is 27.2 Å². The van der Waals surface area contributed by atoms with E-state index in [-0.39, 0.29) is 21.2 Å². The molecule has 0 saturated carbocycles. The number of nitrogens with two attached hydrogens (primary N) is 2. The smallest absolute Gasteiger partial charge is 0.281 e. The summed E-state index contributed by atoms with van der Waals surface area (Å²) in [6, 6.07) is 5.82. The molecule has 0 unspecified atom stereocenters. The molecule has 9 heteroatoms. The van der Waals surface area contributed by atoms with Crippen LogP contribution in [0.3, 0.4) is 0 Å². The second kappa shape index (κ2) is 6.13. The zero-order valence-corrected chi connectivity index (χ0v) is 13.0. The number of amides is 2. The molecule has 0 fully saturated rings. The summed E-state index contributed by atoms with van der Waals surface area (Å²) in [4.78, 5) is 33.6. The standard InChI is InChI=1S/C14H9BrFN3O4/c15-6-4-9(16)12(10(5-6)19(22)23)11-7(13(17)20)2-1-3-8(11)14(18)21/h1-5H,(H2,17,20)(H2,18,21). The van der Waals surface area contributed by atoms with Crippen LogP contribution in [0, 0.1) is 15.9 Å². The highest BCUT2D eigenvalue weighted by atomic mass is 79.9. The summed E-state index contributed by atoms with van der Waals surface area (Å²) in [6.45, 7) is 0. The monoisotopic (exact) mass is 381 g/mol. The average Bonchev–Trinajstić information content (AvgIpc) is 2.45. The van der Waals surface area contributed by atoms with Crippen LogP contribution in [0.5, 0.6) is 0 Å². The Kier molecular flexibility index (Phi) is 4.41. The van der Waals surface area contributed by atoms with E-state index in [1.807, 2.05) is 0 Å². The van der Waals surface area contributed by atoms with Crippen LogP contribution in [0.15, 0.2) is 34.8 Å². The minimum absolute atomic E-state index is 0.127. The number of carbonyl (C=O) groups is 2. The maximum Gasteiger partial charge on any atom is 0.281 e. The molecule has 0 spiro atoms. The Labute approximate surface area is 137 Å². The van der Waals surface area contributed by atoms with Crippen molar-refractivity contribution in [2.45, 2.75) is 0 Å². The Morgan fingerprint density at radius 2 is 1.61 bits per heavy atom. The first kappa shape index (κ1) is 16.6. The number of hydrogen-bond acceptors (Lipinski definition) is 4. The van der Waals surface area contributed by atoms with Crippen molar-refractivity contribution >= 4 is 33.4 Å². The lowest BCUT2D eigenvalue weighted by atomic mass is 9.92. The van der Waals surface area contributed by atoms with Crippen molar-refractivity contribution in [2.75, 3.05) is 0 Å². The summed E-state index contributed by atoms with van der Waals surface area (Å²) in [5, 5.41) is 11.2. The molecule has 0 heterocycles. The molecule has 0 atom stereocenters. The molecule has 0 aliphatic carbocycles. The largest absolute Gasteiger partial charge is 0.366 e. The van der Waals surface area contributed by atoms with Crippen LogP contribution >= 0.6 is 15.9 Å². The predicted octanol–water partition coefficient (Wildman–Crippen LogP) is 2.36. The van der Waals surface area contributed by atoms with E-state index in [0.29, 0.717) is 0 Å². The van der Waals surface area contributed by atoms with E-state index in [9.17, 15) is 24.1 Å². The Hall–Kier alpha value is -2.81. The SMILES string of the molecule is NC(=O)c1cccc(C(N)=O)c1-c1c(F)cc(Br)cc1[N+](=O)[O-]. The van der Waals surface area contributed by atoms with Gasteiger partial charge in [-0.1, -0.05) is 22.0 Å². The predicted molar refractivity (Wildman–Crippen MR) is 83.2 cm³/mol. The Morgan fingerprint density at radius 3 is 2.04 bits per heavy atom. The van der Waals surface area contributed by atoms with Gasteiger partial charge in [0.15, 0.2) is 0 Å². The third kappa shape index (κ3) is 3.04. The van der Waals surface area contributed by atoms with Crippen molar-refractivity contribution in [1.29, 1.82) is 0 Å². The van der Waals surface area contributed by atoms with Crippen molar-refractivity contribution in [2.24, 2.45) is 11.5 Å². The van der Waals surface area contributed by atoms with Gasteiger partial charge in [-0.15, -0.1) is 0 Å². The molecule has 0 saturated heterocycles. The van der Waals surface area contributed by atoms with Gasteiger partial charge >= 0.3 is 0 Å². The number of benzene rings is 2. The quantitative estimate of drug-likeness (QED) is 0.621. The first-order valence-electron chi connectivity index (χ1n) is 6.10. The third-order valence-corrected chi connectivity index (χ3v) is 3.53. The van der Waals surface area contributed by atoms with E-state index in [1.54, 1.807) is 0 Å². The first-order chi connectivity index (χ1) is 10.7. The fraction of sp³-hybridized carbons (Fsp3) is 0. The topological polar surface area (TPSA) is 129 Å². The summed E-state index contributed by atoms with van der Waals surface area (Å²) >= 11 is 2.96. The molecule has 2 rings (SSSR count). The van der Waals surface area contributed by atoms with E-state index < -0.39 is 33.8 Å². The molecule has 118 valence electrons. The molecule has 7 nitrogen and oxygen atoms in total. The van der Waals surface area contributed by atoms with Crippen molar-refractivity contribution in [3.63, 3.8) is 0 Å². The molecule has 0 bridgehead atoms. The molecular weight excluding hydrogens is 373 g/mol. The zero-order chi connectivity index (χ0) is 17.3. The van der Waals surface area contributed by atoms with E-state index in [1.165, 1.54) is 18.2 Å². The molecule has 0 aliphatic rings. The molecule has 0 aliphatic heterocycles. The number of primary amides is 2. The minimum Gasteiger partial charge on any atom is -0.366 e. The molecule has 2 aromatic carbocycles. The number of carbonyl (C=O) groups excluding carboxylic acids is 2. The molecule has 0 radical (unpaired) electrons. The number of nitrogens with zero attached hydrogens (tertiary/aromatic N) is 1. The van der Waals surface area contributed by atoms with Crippen LogP contribution in [0.2, 0.25) is 0 Å². The highest BCUT2D eigenvalue weighted by Crippen LogP contribution is 2.38. The normalized spacial score (nSPS) is 10.3. The van der Waals surface area contributed by atoms with Crippen LogP contribution in [-0.2, 0) is 0 Å². The molecule has 0 aromatic heterocycles. The maximum atomic E-state index is 14.4. The van der Waals surface area contributed by atoms with Gasteiger partial charge < -0.3 is 11.5 Å². The number of hydrogen-bond donors (Lipinski definition) is 2. The van der Waals surface area contributed by atoms with E-state index in [2.05, 4.69) is 15.9 Å². The van der Waals surface area contributed by atoms with Gasteiger partial charge in [-0.2, -0.15) is 0 Å². The first-order valence-corrected chi connectivity index (χ1v) is 6.89. The van der Waals surface area contributed by atoms with Crippen molar-refractivity contribution in [3.05, 3.63) is 61.9 Å². The van der Waals surface area contributed by atoms with Gasteiger partial charge in [0.05, 0.1) is 10.5 Å². The van der Waals surface area contributed by atoms with Crippen LogP contribution in [0.25, 0.3) is 11.1 Å². The van der Waals surface area contributed by atoms with Crippen LogP contribution in [-0.4, -0.2) is 16.7 Å². The Bertz CT molecular complexity index is 822. The van der Waals surface area contributed by atoms with Crippen LogP contribution in [0.4, 0.5) is 10.1 Å². The number of nitro benzene ring substituents is 1. The van der Waals surface area contributed by atoms with Crippen LogP contribution < -0.4 is 11.5 Å². The second-order valence-electron chi connectivity index (χ2n) is 4.50. The summed E-state index contributed by atoms with van der Waals surface area (Å²) in [6.07, 6.45) is 0. The van der Waals surface area contributed by atoms with E-state index in [0.717, 1.165) is 12.1 Å². The fourth-order valence-electron chi connectivity index (χ4n) is 2.18. The highest BCUT2D eigenvalue weighted by Gasteiger charge is 2.28. The molecule has 2 amide bonds. The molecule has 4 N–H and O–H groups in total. The lowest BCUT2D eigenvalue weighted by molar-refractivity contribution is -0.384. The van der Waals surface area contributed by atoms with E-state index >= 15 is 0 Å². The lowest BCUT2D eigenvalue weighted by Crippen LogP contribution is -2.18. The van der Waals surface area contributed by atoms with Gasteiger partial charge in [-0.3, -0.25) is 19.7 Å². The van der Waals surface area contributed by atoms with Gasteiger partial charge in [-0.05, 0) is 18.2 Å². The maximum absolute atomic E-state index is 14.4. The van der Waals surface area contributed by atoms with Crippen molar-refractivity contribution < 1.29 is 18.9 Å². The summed E-state index contributed by atoms with van der Waals surface area (Å²) in [7, 11) is 0. The number of nitro groups is 1. The van der Waals surface area contributed by atoms with E-state index in [4.69, 9.17) is 11.5 Å². The van der Waals surface area contributed by atoms with Gasteiger partial charge in [0.2, 0.25) is 11.8 Å². The number of rotatable bonds is 4. The summed E-state index contributed by atoms with van der Waals surface area (Å²) in [5.74, 6) is -2.94. The zero-order valence-electron chi connectivity index (χ0n) is 11.4. The number of halogens is 2. The van der Waals surface area contributed by atoms with Gasteiger partial charge in [0.1, 0.15) is 5.82 Å². The van der Waals surface area contributed by atoms with Crippen molar-refractivity contribution in [3.8, 4) is 11.1 Å². The highest BCUT2D eigenvalue weighted by molar-refractivity contribution is 9.10. The van der Waals surface area contributed by atoms with Crippen LogP contribution in [0.1, 0.15) is 20.7 Å². The van der Waals surface area contributed by atoms with Gasteiger partial charge in [0.25, 0.3) is 5.69 Å². The second-order valence-corrected chi connectivity index (χ2v) is 5.41. The Balaban J connectivity index is 3.00. The van der Waals surface area contributed by atoms with Crippen molar-refractivity contribution in [1.82, 2.24) is 0 Å². The van der Waals surface area contributed by atoms with Gasteiger partial charge in [-0.25, -0.2) is 4.39 Å². The third-order valence-electron chi connectivity index (χ3n) is 3.08.